The predicted octanol–water partition coefficient (Wildman–Crippen LogP) is 2.36. The highest BCUT2D eigenvalue weighted by Gasteiger charge is 2.29. The summed E-state index contributed by atoms with van der Waals surface area (Å²) in [4.78, 5) is 23.4. The van der Waals surface area contributed by atoms with Gasteiger partial charge < -0.3 is 10.4 Å². The lowest BCUT2D eigenvalue weighted by atomic mass is 9.85. The minimum atomic E-state index is -3.64. The second-order valence-electron chi connectivity index (χ2n) is 6.52. The highest BCUT2D eigenvalue weighted by atomic mass is 32.2. The van der Waals surface area contributed by atoms with E-state index in [-0.39, 0.29) is 23.8 Å². The molecule has 0 spiro atoms. The average Bonchev–Trinajstić information content (AvgIpc) is 2.62. The molecule has 2 aromatic carbocycles. The Kier molecular flexibility index (Phi) is 6.35. The molecule has 8 heteroatoms. The Labute approximate surface area is 158 Å². The molecule has 0 radical (unpaired) electrons. The van der Waals surface area contributed by atoms with Crippen LogP contribution in [0.2, 0.25) is 0 Å². The standard InChI is InChI=1S/C19H22N2O5S/c1-19(2,18(23)24)14-8-10-15(11-9-14)21-17(22)12-13-20-27(25,26)16-6-4-3-5-7-16/h3-11,20H,12-13H2,1-2H3,(H,21,22)(H,23,24). The first-order chi connectivity index (χ1) is 12.6. The van der Waals surface area contributed by atoms with E-state index in [1.165, 1.54) is 12.1 Å². The SMILES string of the molecule is CC(C)(C(=O)O)c1ccc(NC(=O)CCNS(=O)(=O)c2ccccc2)cc1. The summed E-state index contributed by atoms with van der Waals surface area (Å²) in [5.74, 6) is -1.29. The highest BCUT2D eigenvalue weighted by Crippen LogP contribution is 2.24. The molecule has 7 nitrogen and oxygen atoms in total. The van der Waals surface area contributed by atoms with Crippen LogP contribution in [0, 0.1) is 0 Å². The van der Waals surface area contributed by atoms with E-state index in [0.29, 0.717) is 11.3 Å². The van der Waals surface area contributed by atoms with E-state index < -0.39 is 21.4 Å². The van der Waals surface area contributed by atoms with E-state index in [0.717, 1.165) is 0 Å². The van der Waals surface area contributed by atoms with Crippen LogP contribution in [0.5, 0.6) is 0 Å². The third kappa shape index (κ3) is 5.38. The van der Waals surface area contributed by atoms with Crippen LogP contribution in [0.4, 0.5) is 5.69 Å². The molecule has 0 saturated carbocycles. The molecular formula is C19H22N2O5S. The molecule has 0 aromatic heterocycles. The van der Waals surface area contributed by atoms with Crippen molar-refractivity contribution in [3.8, 4) is 0 Å². The Morgan fingerprint density at radius 3 is 2.15 bits per heavy atom. The number of nitrogens with one attached hydrogen (secondary N) is 2. The van der Waals surface area contributed by atoms with Gasteiger partial charge in [-0.25, -0.2) is 13.1 Å². The number of hydrogen-bond donors (Lipinski definition) is 3. The van der Waals surface area contributed by atoms with Gasteiger partial charge in [-0.2, -0.15) is 0 Å². The molecule has 1 amide bonds. The first-order valence-corrected chi connectivity index (χ1v) is 9.80. The Hall–Kier alpha value is -2.71. The quantitative estimate of drug-likeness (QED) is 0.640. The summed E-state index contributed by atoms with van der Waals surface area (Å²) in [5, 5.41) is 11.9. The van der Waals surface area contributed by atoms with Gasteiger partial charge in [-0.3, -0.25) is 9.59 Å². The third-order valence-electron chi connectivity index (χ3n) is 4.12. The fraction of sp³-hybridized carbons (Fsp3) is 0.263. The molecule has 0 aliphatic carbocycles. The lowest BCUT2D eigenvalue weighted by Gasteiger charge is -2.19. The van der Waals surface area contributed by atoms with Crippen LogP contribution in [0.15, 0.2) is 59.5 Å². The normalized spacial score (nSPS) is 11.8. The number of sulfonamides is 1. The number of carboxylic acid groups (broad SMARTS) is 1. The van der Waals surface area contributed by atoms with Gasteiger partial charge in [0, 0.05) is 18.7 Å². The van der Waals surface area contributed by atoms with Crippen LogP contribution in [-0.4, -0.2) is 31.9 Å². The average molecular weight is 390 g/mol. The van der Waals surface area contributed by atoms with Gasteiger partial charge in [0.1, 0.15) is 0 Å². The molecular weight excluding hydrogens is 368 g/mol. The number of benzene rings is 2. The number of carbonyl (C=O) groups is 2. The van der Waals surface area contributed by atoms with E-state index in [2.05, 4.69) is 10.0 Å². The number of aliphatic carboxylic acids is 1. The first kappa shape index (κ1) is 20.6. The number of anilines is 1. The summed E-state index contributed by atoms with van der Waals surface area (Å²) in [6.45, 7) is 3.16. The van der Waals surface area contributed by atoms with Crippen molar-refractivity contribution in [1.82, 2.24) is 4.72 Å². The van der Waals surface area contributed by atoms with Crippen molar-refractivity contribution in [3.05, 3.63) is 60.2 Å². The van der Waals surface area contributed by atoms with E-state index in [1.54, 1.807) is 56.3 Å². The predicted molar refractivity (Wildman–Crippen MR) is 102 cm³/mol. The fourth-order valence-electron chi connectivity index (χ4n) is 2.30. The molecule has 2 rings (SSSR count). The Morgan fingerprint density at radius 1 is 1.00 bits per heavy atom. The zero-order valence-electron chi connectivity index (χ0n) is 15.1. The van der Waals surface area contributed by atoms with E-state index in [1.807, 2.05) is 0 Å². The molecule has 0 fully saturated rings. The number of carboxylic acids is 1. The molecule has 27 heavy (non-hydrogen) atoms. The van der Waals surface area contributed by atoms with Gasteiger partial charge in [0.15, 0.2) is 0 Å². The van der Waals surface area contributed by atoms with Gasteiger partial charge in [-0.1, -0.05) is 30.3 Å². The number of hydrogen-bond acceptors (Lipinski definition) is 4. The smallest absolute Gasteiger partial charge is 0.313 e. The summed E-state index contributed by atoms with van der Waals surface area (Å²) < 4.78 is 26.5. The van der Waals surface area contributed by atoms with E-state index in [4.69, 9.17) is 0 Å². The summed E-state index contributed by atoms with van der Waals surface area (Å²) >= 11 is 0. The van der Waals surface area contributed by atoms with Gasteiger partial charge in [-0.15, -0.1) is 0 Å². The van der Waals surface area contributed by atoms with Crippen molar-refractivity contribution in [2.45, 2.75) is 30.6 Å². The molecule has 0 aliphatic rings. The van der Waals surface area contributed by atoms with Crippen LogP contribution in [-0.2, 0) is 25.0 Å². The maximum absolute atomic E-state index is 12.1. The van der Waals surface area contributed by atoms with Gasteiger partial charge in [0.25, 0.3) is 0 Å². The number of amides is 1. The third-order valence-corrected chi connectivity index (χ3v) is 5.60. The Balaban J connectivity index is 1.88. The van der Waals surface area contributed by atoms with Gasteiger partial charge in [-0.05, 0) is 43.7 Å². The largest absolute Gasteiger partial charge is 0.481 e. The topological polar surface area (TPSA) is 113 Å². The maximum atomic E-state index is 12.1. The fourth-order valence-corrected chi connectivity index (χ4v) is 3.35. The second kappa shape index (κ2) is 8.32. The van der Waals surface area contributed by atoms with E-state index >= 15 is 0 Å². The molecule has 0 saturated heterocycles. The molecule has 0 heterocycles. The lowest BCUT2D eigenvalue weighted by Crippen LogP contribution is -2.28. The number of carbonyl (C=O) groups excluding carboxylic acids is 1. The lowest BCUT2D eigenvalue weighted by molar-refractivity contribution is -0.142. The molecule has 144 valence electrons. The monoisotopic (exact) mass is 390 g/mol. The molecule has 0 aliphatic heterocycles. The van der Waals surface area contributed by atoms with Crippen LogP contribution < -0.4 is 10.0 Å². The van der Waals surface area contributed by atoms with Crippen molar-refractivity contribution in [3.63, 3.8) is 0 Å². The van der Waals surface area contributed by atoms with Crippen LogP contribution in [0.1, 0.15) is 25.8 Å². The molecule has 2 aromatic rings. The second-order valence-corrected chi connectivity index (χ2v) is 8.28. The van der Waals surface area contributed by atoms with Crippen LogP contribution in [0.25, 0.3) is 0 Å². The summed E-state index contributed by atoms with van der Waals surface area (Å²) in [7, 11) is -3.64. The van der Waals surface area contributed by atoms with Gasteiger partial charge in [0.05, 0.1) is 10.3 Å². The minimum Gasteiger partial charge on any atom is -0.481 e. The summed E-state index contributed by atoms with van der Waals surface area (Å²) in [6.07, 6.45) is -0.0333. The van der Waals surface area contributed by atoms with Gasteiger partial charge in [0.2, 0.25) is 15.9 Å². The van der Waals surface area contributed by atoms with Crippen LogP contribution >= 0.6 is 0 Å². The van der Waals surface area contributed by atoms with Crippen LogP contribution in [0.3, 0.4) is 0 Å². The molecule has 0 bridgehead atoms. The maximum Gasteiger partial charge on any atom is 0.313 e. The molecule has 0 unspecified atom stereocenters. The zero-order chi connectivity index (χ0) is 20.1. The van der Waals surface area contributed by atoms with Crippen molar-refractivity contribution in [2.75, 3.05) is 11.9 Å². The number of rotatable bonds is 8. The first-order valence-electron chi connectivity index (χ1n) is 8.31. The van der Waals surface area contributed by atoms with Crippen molar-refractivity contribution < 1.29 is 23.1 Å². The van der Waals surface area contributed by atoms with Crippen molar-refractivity contribution >= 4 is 27.6 Å². The van der Waals surface area contributed by atoms with Crippen molar-refractivity contribution in [2.24, 2.45) is 0 Å². The summed E-state index contributed by atoms with van der Waals surface area (Å²) in [6, 6.07) is 14.4. The molecule has 0 atom stereocenters. The minimum absolute atomic E-state index is 0.0333. The zero-order valence-corrected chi connectivity index (χ0v) is 15.9. The highest BCUT2D eigenvalue weighted by molar-refractivity contribution is 7.89. The summed E-state index contributed by atoms with van der Waals surface area (Å²) in [5.41, 5.74) is 0.0950. The van der Waals surface area contributed by atoms with E-state index in [9.17, 15) is 23.1 Å². The Morgan fingerprint density at radius 2 is 1.59 bits per heavy atom. The van der Waals surface area contributed by atoms with Gasteiger partial charge >= 0.3 is 5.97 Å². The molecule has 3 N–H and O–H groups in total. The van der Waals surface area contributed by atoms with Crippen molar-refractivity contribution in [1.29, 1.82) is 0 Å². The Bertz CT molecular complexity index is 907.